The van der Waals surface area contributed by atoms with Crippen LogP contribution < -0.4 is 5.32 Å². The molecule has 0 aliphatic rings. The minimum atomic E-state index is -0.855. The first-order valence-electron chi connectivity index (χ1n) is 17.6. The normalized spacial score (nSPS) is 13.4. The molecule has 0 aromatic heterocycles. The first-order valence-corrected chi connectivity index (χ1v) is 17.6. The van der Waals surface area contributed by atoms with E-state index in [9.17, 15) is 15.0 Å². The zero-order valence-electron chi connectivity index (χ0n) is 26.9. The van der Waals surface area contributed by atoms with Gasteiger partial charge in [-0.05, 0) is 32.1 Å². The predicted molar refractivity (Wildman–Crippen MR) is 175 cm³/mol. The molecule has 4 heteroatoms. The fourth-order valence-electron chi connectivity index (χ4n) is 5.19. The number of hydrogen-bond donors (Lipinski definition) is 3. The highest BCUT2D eigenvalue weighted by Gasteiger charge is 2.17. The Morgan fingerprint density at radius 1 is 0.575 bits per heavy atom. The number of carbonyl (C=O) groups is 1. The van der Waals surface area contributed by atoms with E-state index in [4.69, 9.17) is 0 Å². The second-order valence-corrected chi connectivity index (χ2v) is 11.9. The Morgan fingerprint density at radius 3 is 1.45 bits per heavy atom. The third kappa shape index (κ3) is 28.4. The van der Waals surface area contributed by atoms with Crippen molar-refractivity contribution in [3.8, 4) is 0 Å². The van der Waals surface area contributed by atoms with Crippen molar-refractivity contribution in [3.63, 3.8) is 0 Å². The molecule has 0 aromatic carbocycles. The third-order valence-corrected chi connectivity index (χ3v) is 7.94. The van der Waals surface area contributed by atoms with E-state index < -0.39 is 12.1 Å². The molecule has 0 radical (unpaired) electrons. The van der Waals surface area contributed by atoms with E-state index in [-0.39, 0.29) is 12.5 Å². The van der Waals surface area contributed by atoms with Crippen molar-refractivity contribution in [3.05, 3.63) is 24.3 Å². The van der Waals surface area contributed by atoms with E-state index in [1.54, 1.807) is 6.08 Å². The van der Waals surface area contributed by atoms with Crippen LogP contribution in [0.5, 0.6) is 0 Å². The molecule has 0 bridgehead atoms. The van der Waals surface area contributed by atoms with Gasteiger partial charge < -0.3 is 15.5 Å². The molecule has 0 aliphatic heterocycles. The molecule has 0 saturated carbocycles. The number of aliphatic hydroxyl groups is 2. The Kier molecular flexibility index (Phi) is 31.5. The van der Waals surface area contributed by atoms with Gasteiger partial charge in [-0.15, -0.1) is 0 Å². The third-order valence-electron chi connectivity index (χ3n) is 7.94. The summed E-state index contributed by atoms with van der Waals surface area (Å²) in [7, 11) is 0. The standard InChI is InChI=1S/C36H69NO3/c1-3-5-7-9-11-13-15-17-19-21-23-25-27-29-31-35(39)34(33-38)37-36(40)32-30-28-26-24-22-20-18-16-14-12-10-8-6-4-2/h21,23,29,31,34-35,38-39H,3-20,22,24-28,30,32-33H2,1-2H3,(H,37,40)/b23-21+,31-29+/t34-,35+/m0/s1. The van der Waals surface area contributed by atoms with Crippen LogP contribution in [-0.2, 0) is 4.79 Å². The van der Waals surface area contributed by atoms with Crippen LogP contribution in [-0.4, -0.2) is 34.9 Å². The van der Waals surface area contributed by atoms with Gasteiger partial charge in [0, 0.05) is 6.42 Å². The minimum Gasteiger partial charge on any atom is -0.394 e. The molecule has 0 saturated heterocycles. The van der Waals surface area contributed by atoms with Crippen LogP contribution in [0.25, 0.3) is 0 Å². The quantitative estimate of drug-likeness (QED) is 0.0580. The minimum absolute atomic E-state index is 0.0747. The van der Waals surface area contributed by atoms with Crippen molar-refractivity contribution >= 4 is 5.91 Å². The topological polar surface area (TPSA) is 69.6 Å². The molecule has 0 aromatic rings. The van der Waals surface area contributed by atoms with E-state index in [1.807, 2.05) is 6.08 Å². The monoisotopic (exact) mass is 564 g/mol. The summed E-state index contributed by atoms with van der Waals surface area (Å²) in [5, 5.41) is 22.8. The van der Waals surface area contributed by atoms with Crippen LogP contribution in [0, 0.1) is 0 Å². The van der Waals surface area contributed by atoms with Crippen molar-refractivity contribution in [2.75, 3.05) is 6.61 Å². The van der Waals surface area contributed by atoms with Gasteiger partial charge in [-0.2, -0.15) is 0 Å². The number of unbranched alkanes of at least 4 members (excludes halogenated alkanes) is 22. The lowest BCUT2D eigenvalue weighted by atomic mass is 10.0. The Labute approximate surface area is 249 Å². The molecule has 1 amide bonds. The summed E-state index contributed by atoms with van der Waals surface area (Å²) in [5.41, 5.74) is 0. The van der Waals surface area contributed by atoms with Gasteiger partial charge in [0.25, 0.3) is 0 Å². The van der Waals surface area contributed by atoms with Crippen molar-refractivity contribution in [2.45, 2.75) is 193 Å². The lowest BCUT2D eigenvalue weighted by Gasteiger charge is -2.19. The van der Waals surface area contributed by atoms with E-state index in [0.717, 1.165) is 32.1 Å². The summed E-state index contributed by atoms with van der Waals surface area (Å²) < 4.78 is 0. The smallest absolute Gasteiger partial charge is 0.220 e. The van der Waals surface area contributed by atoms with Crippen LogP contribution in [0.4, 0.5) is 0 Å². The second-order valence-electron chi connectivity index (χ2n) is 11.9. The molecule has 4 nitrogen and oxygen atoms in total. The maximum Gasteiger partial charge on any atom is 0.220 e. The molecule has 0 rings (SSSR count). The second kappa shape index (κ2) is 32.4. The zero-order chi connectivity index (χ0) is 29.4. The molecule has 0 heterocycles. The van der Waals surface area contributed by atoms with E-state index in [1.165, 1.54) is 128 Å². The number of aliphatic hydroxyl groups excluding tert-OH is 2. The Hall–Kier alpha value is -1.13. The highest BCUT2D eigenvalue weighted by Crippen LogP contribution is 2.14. The van der Waals surface area contributed by atoms with Gasteiger partial charge in [0.05, 0.1) is 18.8 Å². The number of allylic oxidation sites excluding steroid dienone is 3. The van der Waals surface area contributed by atoms with Gasteiger partial charge in [-0.25, -0.2) is 0 Å². The van der Waals surface area contributed by atoms with E-state index in [0.29, 0.717) is 6.42 Å². The number of nitrogens with one attached hydrogen (secondary N) is 1. The maximum atomic E-state index is 12.3. The summed E-state index contributed by atoms with van der Waals surface area (Å²) in [5.74, 6) is -0.0747. The number of rotatable bonds is 31. The molecule has 0 aliphatic carbocycles. The fraction of sp³-hybridized carbons (Fsp3) is 0.861. The summed E-state index contributed by atoms with van der Waals surface area (Å²) in [6.45, 7) is 4.28. The van der Waals surface area contributed by atoms with Crippen molar-refractivity contribution in [1.82, 2.24) is 5.32 Å². The van der Waals surface area contributed by atoms with Crippen molar-refractivity contribution in [1.29, 1.82) is 0 Å². The molecule has 3 N–H and O–H groups in total. The predicted octanol–water partition coefficient (Wildman–Crippen LogP) is 10.1. The van der Waals surface area contributed by atoms with Gasteiger partial charge in [0.1, 0.15) is 0 Å². The SMILES string of the molecule is CCCCCCCCCC/C=C/CC/C=C/[C@@H](O)[C@H](CO)NC(=O)CCCCCCCCCCCCCCCC. The van der Waals surface area contributed by atoms with E-state index >= 15 is 0 Å². The van der Waals surface area contributed by atoms with Gasteiger partial charge in [0.15, 0.2) is 0 Å². The Bertz CT molecular complexity index is 574. The zero-order valence-corrected chi connectivity index (χ0v) is 26.9. The molecule has 40 heavy (non-hydrogen) atoms. The van der Waals surface area contributed by atoms with Gasteiger partial charge in [-0.1, -0.05) is 167 Å². The fourth-order valence-corrected chi connectivity index (χ4v) is 5.19. The molecular formula is C36H69NO3. The maximum absolute atomic E-state index is 12.3. The van der Waals surface area contributed by atoms with E-state index in [2.05, 4.69) is 31.3 Å². The highest BCUT2D eigenvalue weighted by molar-refractivity contribution is 5.76. The average molecular weight is 564 g/mol. The molecule has 2 atom stereocenters. The van der Waals surface area contributed by atoms with Gasteiger partial charge >= 0.3 is 0 Å². The summed E-state index contributed by atoms with van der Waals surface area (Å²) in [4.78, 5) is 12.3. The van der Waals surface area contributed by atoms with Gasteiger partial charge in [0.2, 0.25) is 5.91 Å². The lowest BCUT2D eigenvalue weighted by molar-refractivity contribution is -0.123. The molecular weight excluding hydrogens is 494 g/mol. The van der Waals surface area contributed by atoms with Gasteiger partial charge in [-0.3, -0.25) is 4.79 Å². The van der Waals surface area contributed by atoms with Crippen LogP contribution in [0.15, 0.2) is 24.3 Å². The number of hydrogen-bond acceptors (Lipinski definition) is 3. The van der Waals surface area contributed by atoms with Crippen LogP contribution in [0.2, 0.25) is 0 Å². The van der Waals surface area contributed by atoms with Crippen LogP contribution >= 0.6 is 0 Å². The average Bonchev–Trinajstić information content (AvgIpc) is 2.96. The summed E-state index contributed by atoms with van der Waals surface area (Å²) in [6, 6.07) is -0.632. The molecule has 0 spiro atoms. The first kappa shape index (κ1) is 38.9. The number of amides is 1. The van der Waals surface area contributed by atoms with Crippen molar-refractivity contribution in [2.24, 2.45) is 0 Å². The molecule has 0 fully saturated rings. The number of carbonyl (C=O) groups excluding carboxylic acids is 1. The van der Waals surface area contributed by atoms with Crippen LogP contribution in [0.1, 0.15) is 181 Å². The first-order chi connectivity index (χ1) is 19.7. The van der Waals surface area contributed by atoms with Crippen molar-refractivity contribution < 1.29 is 15.0 Å². The highest BCUT2D eigenvalue weighted by atomic mass is 16.3. The largest absolute Gasteiger partial charge is 0.394 e. The lowest BCUT2D eigenvalue weighted by Crippen LogP contribution is -2.45. The summed E-state index contributed by atoms with van der Waals surface area (Å²) >= 11 is 0. The van der Waals surface area contributed by atoms with Crippen LogP contribution in [0.3, 0.4) is 0 Å². The Balaban J connectivity index is 3.67. The Morgan fingerprint density at radius 2 is 0.975 bits per heavy atom. The summed E-state index contributed by atoms with van der Waals surface area (Å²) in [6.07, 6.45) is 39.7. The molecule has 236 valence electrons. The molecule has 0 unspecified atom stereocenters.